The van der Waals surface area contributed by atoms with E-state index in [-0.39, 0.29) is 144 Å². The number of aliphatic hydroxyl groups is 1. The Morgan fingerprint density at radius 2 is 0.465 bits per heavy atom. The molecule has 0 aliphatic carbocycles. The third-order valence-electron chi connectivity index (χ3n) is 11.7. The number of aliphatic hydroxyl groups excluding tert-OH is 1. The molecule has 0 saturated heterocycles. The van der Waals surface area contributed by atoms with Crippen LogP contribution in [0.25, 0.3) is 6.08 Å². The summed E-state index contributed by atoms with van der Waals surface area (Å²) in [5.74, 6) is 0.457. The Balaban J connectivity index is 0.00000112. The first-order valence-electron chi connectivity index (χ1n) is 28.6. The van der Waals surface area contributed by atoms with Gasteiger partial charge < -0.3 is 46.0 Å². The van der Waals surface area contributed by atoms with Crippen LogP contribution in [-0.2, 0) is 97.3 Å². The number of hydrogen-bond donors (Lipinski definition) is 9. The van der Waals surface area contributed by atoms with Crippen molar-refractivity contribution in [3.05, 3.63) is 322 Å². The molecule has 21 nitrogen and oxygen atoms in total. The molecule has 8 aromatic carbocycles. The zero-order chi connectivity index (χ0) is 67.2. The van der Waals surface area contributed by atoms with Crippen LogP contribution in [0.1, 0.15) is 31.0 Å². The molecule has 0 fully saturated rings. The summed E-state index contributed by atoms with van der Waals surface area (Å²) in [7, 11) is 0. The Bertz CT molecular complexity index is 3590. The van der Waals surface area contributed by atoms with Crippen molar-refractivity contribution in [1.29, 1.82) is 0 Å². The summed E-state index contributed by atoms with van der Waals surface area (Å²) in [5, 5.41) is 115. The molecule has 0 spiro atoms. The third-order valence-corrected chi connectivity index (χ3v) is 11.7. The molecule has 9 N–H and O–H groups in total. The van der Waals surface area contributed by atoms with Crippen LogP contribution in [0.4, 0.5) is 45.5 Å². The monoisotopic (exact) mass is 2050 g/mol. The van der Waals surface area contributed by atoms with Crippen molar-refractivity contribution in [3.63, 3.8) is 0 Å². The average molecular weight is 2050 g/mol. The Hall–Kier alpha value is -10.4. The molecule has 0 atom stereocenters. The van der Waals surface area contributed by atoms with Gasteiger partial charge in [-0.15, -0.1) is 40.9 Å². The van der Waals surface area contributed by atoms with Crippen LogP contribution in [0, 0.1) is 0 Å². The van der Waals surface area contributed by atoms with Gasteiger partial charge in [0.1, 0.15) is 91.5 Å². The van der Waals surface area contributed by atoms with Crippen molar-refractivity contribution in [3.8, 4) is 46.0 Å². The van der Waals surface area contributed by atoms with E-state index in [4.69, 9.17) is 5.11 Å². The summed E-state index contributed by atoms with van der Waals surface area (Å²) >= 11 is 0. The maximum Gasteiger partial charge on any atom is 0.143 e. The molecule has 0 aliphatic rings. The minimum absolute atomic E-state index is 0. The van der Waals surface area contributed by atoms with E-state index in [0.29, 0.717) is 45.5 Å². The third kappa shape index (κ3) is 36.0. The molecular formula is C74H72N12O9Pt4. The van der Waals surface area contributed by atoms with Gasteiger partial charge in [0.05, 0.1) is 6.61 Å². The first-order chi connectivity index (χ1) is 45.9. The molecule has 12 aromatic rings. The second-order valence-corrected chi connectivity index (χ2v) is 18.4. The summed E-state index contributed by atoms with van der Waals surface area (Å²) in [5.41, 5.74) is 6.29. The van der Waals surface area contributed by atoms with Gasteiger partial charge in [0.15, 0.2) is 0 Å². The van der Waals surface area contributed by atoms with E-state index < -0.39 is 0 Å². The van der Waals surface area contributed by atoms with Crippen LogP contribution in [0.15, 0.2) is 346 Å². The van der Waals surface area contributed by atoms with Crippen LogP contribution < -0.4 is 0 Å². The van der Waals surface area contributed by atoms with E-state index in [1.807, 2.05) is 54.9 Å². The van der Waals surface area contributed by atoms with E-state index in [9.17, 15) is 40.9 Å². The maximum absolute atomic E-state index is 9.44. The van der Waals surface area contributed by atoms with Crippen molar-refractivity contribution >= 4 is 51.6 Å². The summed E-state index contributed by atoms with van der Waals surface area (Å²) in [6.07, 6.45) is 16.8. The zero-order valence-electron chi connectivity index (χ0n) is 52.1. The fourth-order valence-electron chi connectivity index (χ4n) is 6.74. The standard InChI is InChI=1S/4C12H10N2O2.C7H9N.C7H7N.C6H7NO.C5H5N.CH4.4Pt/c4*15-11-7-3-1-5-9(11)13-14-10-6-2-4-8-12(10)16;2*1-2-7-3-5-8-6-4-7;8-5-6-1-3-7-4-2-6;1-2-4-6-5-3-1;;;;;/h4*1-8,15-16H;3-6H,2H2,1H3;2-6H,1H2;1-4,8H,5H2;1-5H;1H4;;;;. The Kier molecular flexibility index (Phi) is 48.1. The Labute approximate surface area is 632 Å². The molecule has 99 heavy (non-hydrogen) atoms. The number of aromatic nitrogens is 4. The van der Waals surface area contributed by atoms with Gasteiger partial charge in [-0.25, -0.2) is 0 Å². The molecule has 4 heterocycles. The average Bonchev–Trinajstić information content (AvgIpc) is 1.17. The van der Waals surface area contributed by atoms with Crippen molar-refractivity contribution < 1.29 is 130 Å². The van der Waals surface area contributed by atoms with Crippen LogP contribution in [-0.4, -0.2) is 65.9 Å². The molecule has 522 valence electrons. The van der Waals surface area contributed by atoms with E-state index in [2.05, 4.69) is 74.4 Å². The van der Waals surface area contributed by atoms with Gasteiger partial charge in [-0.05, 0) is 169 Å². The summed E-state index contributed by atoms with van der Waals surface area (Å²) < 4.78 is 0. The molecule has 0 radical (unpaired) electrons. The SMILES string of the molecule is C.C=Cc1ccncc1.CCc1ccncc1.OCc1ccncc1.Oc1ccccc1N=Nc1ccccc1O.Oc1ccccc1N=Nc1ccccc1O.Oc1ccccc1N=Nc1ccccc1O.Oc1ccccc1N=Nc1ccccc1O.[Pt].[Pt].[Pt].[Pt].c1ccncc1. The van der Waals surface area contributed by atoms with Gasteiger partial charge in [-0.2, -0.15) is 0 Å². The number of aromatic hydroxyl groups is 8. The second-order valence-electron chi connectivity index (χ2n) is 18.4. The number of pyridine rings is 4. The van der Waals surface area contributed by atoms with E-state index in [1.54, 1.807) is 201 Å². The second kappa shape index (κ2) is 53.7. The van der Waals surface area contributed by atoms with Gasteiger partial charge >= 0.3 is 0 Å². The largest absolute Gasteiger partial charge is 0.506 e. The zero-order valence-corrected chi connectivity index (χ0v) is 61.2. The molecule has 0 saturated carbocycles. The molecule has 0 bridgehead atoms. The first kappa shape index (κ1) is 88.6. The molecule has 0 amide bonds. The molecule has 0 unspecified atom stereocenters. The topological polar surface area (TPSA) is 333 Å². The number of aryl methyl sites for hydroxylation is 1. The van der Waals surface area contributed by atoms with Crippen LogP contribution >= 0.6 is 0 Å². The van der Waals surface area contributed by atoms with Crippen LogP contribution in [0.3, 0.4) is 0 Å². The minimum Gasteiger partial charge on any atom is -0.506 e. The number of benzene rings is 8. The summed E-state index contributed by atoms with van der Waals surface area (Å²) in [6, 6.07) is 70.1. The fourth-order valence-corrected chi connectivity index (χ4v) is 6.74. The maximum atomic E-state index is 9.44. The van der Waals surface area contributed by atoms with Crippen molar-refractivity contribution in [2.45, 2.75) is 27.4 Å². The van der Waals surface area contributed by atoms with Crippen molar-refractivity contribution in [1.82, 2.24) is 19.9 Å². The quantitative estimate of drug-likeness (QED) is 0.0545. The molecular weight excluding hydrogens is 1980 g/mol. The molecule has 25 heteroatoms. The molecule has 4 aromatic heterocycles. The first-order valence-corrected chi connectivity index (χ1v) is 28.6. The van der Waals surface area contributed by atoms with Gasteiger partial charge in [-0.3, -0.25) is 19.9 Å². The number of phenols is 8. The van der Waals surface area contributed by atoms with Gasteiger partial charge in [-0.1, -0.05) is 130 Å². The molecule has 12 rings (SSSR count). The predicted molar refractivity (Wildman–Crippen MR) is 371 cm³/mol. The number of para-hydroxylation sites is 8. The number of hydrogen-bond acceptors (Lipinski definition) is 21. The van der Waals surface area contributed by atoms with Crippen molar-refractivity contribution in [2.75, 3.05) is 0 Å². The molecule has 0 aliphatic heterocycles. The number of azo groups is 4. The fraction of sp³-hybridized carbons (Fsp3) is 0.0541. The smallest absolute Gasteiger partial charge is 0.143 e. The van der Waals surface area contributed by atoms with Gasteiger partial charge in [0.25, 0.3) is 0 Å². The number of rotatable bonds is 11. The minimum atomic E-state index is 0. The Morgan fingerprint density at radius 3 is 0.596 bits per heavy atom. The normalized spacial score (nSPS) is 9.60. The number of nitrogens with zero attached hydrogens (tertiary/aromatic N) is 12. The van der Waals surface area contributed by atoms with E-state index >= 15 is 0 Å². The van der Waals surface area contributed by atoms with Gasteiger partial charge in [0, 0.05) is 134 Å². The van der Waals surface area contributed by atoms with Crippen LogP contribution in [0.5, 0.6) is 46.0 Å². The Morgan fingerprint density at radius 1 is 0.273 bits per heavy atom. The summed E-state index contributed by atoms with van der Waals surface area (Å²) in [6.45, 7) is 5.84. The summed E-state index contributed by atoms with van der Waals surface area (Å²) in [4.78, 5) is 15.3. The van der Waals surface area contributed by atoms with Gasteiger partial charge in [0.2, 0.25) is 0 Å². The van der Waals surface area contributed by atoms with E-state index in [0.717, 1.165) is 17.5 Å². The van der Waals surface area contributed by atoms with Crippen molar-refractivity contribution in [2.24, 2.45) is 40.9 Å². The number of phenolic OH excluding ortho intramolecular Hbond substituents is 8. The van der Waals surface area contributed by atoms with E-state index in [1.165, 1.54) is 54.1 Å². The van der Waals surface area contributed by atoms with Crippen LogP contribution in [0.2, 0.25) is 0 Å². The predicted octanol–water partition coefficient (Wildman–Crippen LogP) is 19.7.